The van der Waals surface area contributed by atoms with Crippen molar-refractivity contribution in [3.8, 4) is 0 Å². The third-order valence-corrected chi connectivity index (χ3v) is 6.16. The van der Waals surface area contributed by atoms with Crippen LogP contribution in [-0.2, 0) is 18.7 Å². The highest BCUT2D eigenvalue weighted by Gasteiger charge is 2.22. The van der Waals surface area contributed by atoms with Crippen LogP contribution in [0.5, 0.6) is 0 Å². The average molecular weight is 357 g/mol. The van der Waals surface area contributed by atoms with Gasteiger partial charge in [0.1, 0.15) is 0 Å². The molecule has 0 radical (unpaired) electrons. The van der Waals surface area contributed by atoms with E-state index < -0.39 is 0 Å². The van der Waals surface area contributed by atoms with Crippen LogP contribution in [0.3, 0.4) is 0 Å². The van der Waals surface area contributed by atoms with E-state index in [1.165, 1.54) is 11.3 Å². The molecular weight excluding hydrogens is 334 g/mol. The van der Waals surface area contributed by atoms with Crippen LogP contribution in [0.2, 0.25) is 0 Å². The topological polar surface area (TPSA) is 63.9 Å². The lowest BCUT2D eigenvalue weighted by atomic mass is 9.96. The van der Waals surface area contributed by atoms with E-state index in [1.54, 1.807) is 17.1 Å². The lowest BCUT2D eigenvalue weighted by Gasteiger charge is -2.33. The molecular formula is C18H23N5OS. The summed E-state index contributed by atoms with van der Waals surface area (Å²) in [4.78, 5) is 18.6. The second-order valence-corrected chi connectivity index (χ2v) is 8.05. The Hall–Kier alpha value is -1.89. The van der Waals surface area contributed by atoms with Crippen molar-refractivity contribution in [2.24, 2.45) is 5.92 Å². The van der Waals surface area contributed by atoms with Crippen molar-refractivity contribution in [1.82, 2.24) is 19.7 Å². The molecule has 4 heterocycles. The number of fused-ring (bicyclic) bond motifs is 1. The van der Waals surface area contributed by atoms with Gasteiger partial charge in [0.2, 0.25) is 0 Å². The molecule has 0 amide bonds. The number of aryl methyl sites for hydroxylation is 2. The van der Waals surface area contributed by atoms with Crippen molar-refractivity contribution in [2.45, 2.75) is 38.5 Å². The van der Waals surface area contributed by atoms with Crippen molar-refractivity contribution in [2.75, 3.05) is 23.7 Å². The zero-order chi connectivity index (χ0) is 17.2. The van der Waals surface area contributed by atoms with Gasteiger partial charge in [0.05, 0.1) is 12.0 Å². The minimum atomic E-state index is 0.0792. The van der Waals surface area contributed by atoms with Gasteiger partial charge < -0.3 is 4.90 Å². The molecule has 0 spiro atoms. The Kier molecular flexibility index (Phi) is 4.74. The maximum Gasteiger partial charge on any atom is 0.256 e. The Balaban J connectivity index is 1.40. The zero-order valence-corrected chi connectivity index (χ0v) is 15.3. The van der Waals surface area contributed by atoms with Gasteiger partial charge in [0.15, 0.2) is 5.82 Å². The van der Waals surface area contributed by atoms with E-state index in [0.717, 1.165) is 56.2 Å². The van der Waals surface area contributed by atoms with Crippen LogP contribution < -0.4 is 10.5 Å². The molecule has 0 atom stereocenters. The Morgan fingerprint density at radius 1 is 1.28 bits per heavy atom. The summed E-state index contributed by atoms with van der Waals surface area (Å²) in [6.45, 7) is 4.52. The molecule has 2 aromatic heterocycles. The van der Waals surface area contributed by atoms with Gasteiger partial charge in [-0.05, 0) is 43.1 Å². The minimum Gasteiger partial charge on any atom is -0.355 e. The lowest BCUT2D eigenvalue weighted by Crippen LogP contribution is -2.37. The van der Waals surface area contributed by atoms with Crippen molar-refractivity contribution in [3.63, 3.8) is 0 Å². The first-order valence-electron chi connectivity index (χ1n) is 8.90. The second-order valence-electron chi connectivity index (χ2n) is 6.94. The van der Waals surface area contributed by atoms with Gasteiger partial charge in [-0.15, -0.1) is 5.10 Å². The number of hydrogen-bond acceptors (Lipinski definition) is 6. The SMILES string of the molecule is Cc1cncn(CC2CCN(c3cc4c(nn3)CCSC4)CC2)c1=O. The molecule has 2 aliphatic rings. The van der Waals surface area contributed by atoms with Crippen LogP contribution in [0.1, 0.15) is 29.7 Å². The zero-order valence-electron chi connectivity index (χ0n) is 14.5. The smallest absolute Gasteiger partial charge is 0.256 e. The highest BCUT2D eigenvalue weighted by molar-refractivity contribution is 7.98. The van der Waals surface area contributed by atoms with Crippen molar-refractivity contribution < 1.29 is 0 Å². The predicted molar refractivity (Wildman–Crippen MR) is 100 cm³/mol. The quantitative estimate of drug-likeness (QED) is 0.838. The Morgan fingerprint density at radius 3 is 2.96 bits per heavy atom. The molecule has 2 aliphatic heterocycles. The van der Waals surface area contributed by atoms with Gasteiger partial charge in [-0.25, -0.2) is 4.98 Å². The van der Waals surface area contributed by atoms with Crippen molar-refractivity contribution in [1.29, 1.82) is 0 Å². The molecule has 6 nitrogen and oxygen atoms in total. The van der Waals surface area contributed by atoms with E-state index in [1.807, 2.05) is 18.7 Å². The van der Waals surface area contributed by atoms with Crippen LogP contribution in [0.25, 0.3) is 0 Å². The molecule has 0 aliphatic carbocycles. The number of piperidine rings is 1. The summed E-state index contributed by atoms with van der Waals surface area (Å²) in [7, 11) is 0. The molecule has 0 saturated carbocycles. The Morgan fingerprint density at radius 2 is 2.12 bits per heavy atom. The number of thioether (sulfide) groups is 1. The van der Waals surface area contributed by atoms with Gasteiger partial charge in [-0.1, -0.05) is 0 Å². The summed E-state index contributed by atoms with van der Waals surface area (Å²) in [6, 6.07) is 2.23. The van der Waals surface area contributed by atoms with Gasteiger partial charge in [-0.2, -0.15) is 16.9 Å². The Bertz CT molecular complexity index is 813. The van der Waals surface area contributed by atoms with Crippen LogP contribution >= 0.6 is 11.8 Å². The fraction of sp³-hybridized carbons (Fsp3) is 0.556. The number of aromatic nitrogens is 4. The summed E-state index contributed by atoms with van der Waals surface area (Å²) >= 11 is 1.97. The number of nitrogens with zero attached hydrogens (tertiary/aromatic N) is 5. The Labute approximate surface area is 151 Å². The van der Waals surface area contributed by atoms with E-state index in [-0.39, 0.29) is 5.56 Å². The molecule has 1 fully saturated rings. The lowest BCUT2D eigenvalue weighted by molar-refractivity contribution is 0.349. The minimum absolute atomic E-state index is 0.0792. The fourth-order valence-electron chi connectivity index (χ4n) is 3.60. The molecule has 132 valence electrons. The third kappa shape index (κ3) is 3.56. The second kappa shape index (κ2) is 7.15. The predicted octanol–water partition coefficient (Wildman–Crippen LogP) is 2.05. The van der Waals surface area contributed by atoms with Crippen LogP contribution in [-0.4, -0.2) is 38.6 Å². The number of hydrogen-bond donors (Lipinski definition) is 0. The third-order valence-electron chi connectivity index (χ3n) is 5.15. The van der Waals surface area contributed by atoms with E-state index in [4.69, 9.17) is 0 Å². The summed E-state index contributed by atoms with van der Waals surface area (Å²) in [5.41, 5.74) is 3.31. The first-order valence-corrected chi connectivity index (χ1v) is 10.1. The first kappa shape index (κ1) is 16.6. The maximum atomic E-state index is 12.2. The van der Waals surface area contributed by atoms with Crippen LogP contribution in [0, 0.1) is 12.8 Å². The van der Waals surface area contributed by atoms with Crippen LogP contribution in [0.15, 0.2) is 23.4 Å². The molecule has 0 N–H and O–H groups in total. The van der Waals surface area contributed by atoms with E-state index in [9.17, 15) is 4.79 Å². The molecule has 0 aromatic carbocycles. The molecule has 1 saturated heterocycles. The molecule has 4 rings (SSSR count). The van der Waals surface area contributed by atoms with Crippen LogP contribution in [0.4, 0.5) is 5.82 Å². The van der Waals surface area contributed by atoms with Gasteiger partial charge in [0.25, 0.3) is 5.56 Å². The molecule has 2 aromatic rings. The van der Waals surface area contributed by atoms with Crippen molar-refractivity contribution in [3.05, 3.63) is 45.8 Å². The summed E-state index contributed by atoms with van der Waals surface area (Å²) in [5.74, 6) is 3.73. The van der Waals surface area contributed by atoms with Gasteiger partial charge in [0, 0.05) is 43.6 Å². The summed E-state index contributed by atoms with van der Waals surface area (Å²) < 4.78 is 1.76. The maximum absolute atomic E-state index is 12.2. The van der Waals surface area contributed by atoms with Gasteiger partial charge >= 0.3 is 0 Å². The molecule has 7 heteroatoms. The van der Waals surface area contributed by atoms with Gasteiger partial charge in [-0.3, -0.25) is 9.36 Å². The molecule has 25 heavy (non-hydrogen) atoms. The van der Waals surface area contributed by atoms with E-state index in [0.29, 0.717) is 11.5 Å². The van der Waals surface area contributed by atoms with Crippen molar-refractivity contribution >= 4 is 17.6 Å². The molecule has 0 unspecified atom stereocenters. The normalized spacial score (nSPS) is 18.2. The van der Waals surface area contributed by atoms with E-state index in [2.05, 4.69) is 26.1 Å². The summed E-state index contributed by atoms with van der Waals surface area (Å²) in [5, 5.41) is 8.90. The number of anilines is 1. The standard InChI is InChI=1S/C18H23N5OS/c1-13-9-19-12-23(18(13)24)10-14-2-5-22(6-3-14)17-8-15-11-25-7-4-16(15)20-21-17/h8-9,12,14H,2-7,10-11H2,1H3. The first-order chi connectivity index (χ1) is 12.2. The average Bonchev–Trinajstić information content (AvgIpc) is 2.66. The van der Waals surface area contributed by atoms with E-state index >= 15 is 0 Å². The number of rotatable bonds is 3. The molecule has 0 bridgehead atoms. The summed E-state index contributed by atoms with van der Waals surface area (Å²) in [6.07, 6.45) is 6.46. The monoisotopic (exact) mass is 357 g/mol. The largest absolute Gasteiger partial charge is 0.355 e. The highest BCUT2D eigenvalue weighted by atomic mass is 32.2. The highest BCUT2D eigenvalue weighted by Crippen LogP contribution is 2.27. The fourth-order valence-corrected chi connectivity index (χ4v) is 4.55.